The molecule has 3 aromatic rings. The van der Waals surface area contributed by atoms with Crippen molar-refractivity contribution >= 4 is 28.6 Å². The first kappa shape index (κ1) is 16.3. The van der Waals surface area contributed by atoms with E-state index in [4.69, 9.17) is 0 Å². The predicted molar refractivity (Wildman–Crippen MR) is 98.7 cm³/mol. The molecule has 0 aliphatic heterocycles. The van der Waals surface area contributed by atoms with Gasteiger partial charge in [0.25, 0.3) is 5.91 Å². The van der Waals surface area contributed by atoms with Gasteiger partial charge in [-0.3, -0.25) is 9.59 Å². The van der Waals surface area contributed by atoms with Gasteiger partial charge in [-0.25, -0.2) is 0 Å². The number of amides is 1. The highest BCUT2D eigenvalue weighted by Gasteiger charge is 2.10. The lowest BCUT2D eigenvalue weighted by Gasteiger charge is -2.08. The van der Waals surface area contributed by atoms with Gasteiger partial charge >= 0.3 is 0 Å². The Balaban J connectivity index is 1.57. The topological polar surface area (TPSA) is 62.0 Å². The van der Waals surface area contributed by atoms with Crippen molar-refractivity contribution < 1.29 is 4.79 Å². The van der Waals surface area contributed by atoms with E-state index in [-0.39, 0.29) is 11.5 Å². The molecule has 0 fully saturated rings. The van der Waals surface area contributed by atoms with Crippen LogP contribution in [-0.4, -0.2) is 23.2 Å². The quantitative estimate of drug-likeness (QED) is 0.535. The molecule has 1 heterocycles. The van der Waals surface area contributed by atoms with Crippen molar-refractivity contribution in [2.75, 3.05) is 12.3 Å². The van der Waals surface area contributed by atoms with Crippen molar-refractivity contribution in [3.05, 3.63) is 76.6 Å². The minimum Gasteiger partial charge on any atom is -0.352 e. The van der Waals surface area contributed by atoms with E-state index in [2.05, 4.69) is 22.4 Å². The van der Waals surface area contributed by atoms with E-state index in [1.165, 1.54) is 11.0 Å². The van der Waals surface area contributed by atoms with E-state index in [9.17, 15) is 9.59 Å². The number of fused-ring (bicyclic) bond motifs is 1. The fourth-order valence-corrected chi connectivity index (χ4v) is 3.34. The lowest BCUT2D eigenvalue weighted by molar-refractivity contribution is 0.0955. The zero-order chi connectivity index (χ0) is 16.8. The molecule has 0 spiro atoms. The van der Waals surface area contributed by atoms with Crippen molar-refractivity contribution in [2.45, 2.75) is 11.3 Å². The number of hydrogen-bond donors (Lipinski definition) is 2. The number of rotatable bonds is 6. The fraction of sp³-hybridized carbons (Fsp3) is 0.158. The Morgan fingerprint density at radius 2 is 1.79 bits per heavy atom. The van der Waals surface area contributed by atoms with Gasteiger partial charge in [0, 0.05) is 28.4 Å². The monoisotopic (exact) mass is 338 g/mol. The van der Waals surface area contributed by atoms with Crippen LogP contribution in [0.1, 0.15) is 16.8 Å². The second-order valence-corrected chi connectivity index (χ2v) is 6.53. The average Bonchev–Trinajstić information content (AvgIpc) is 2.61. The molecule has 0 saturated carbocycles. The van der Waals surface area contributed by atoms with Gasteiger partial charge in [-0.15, -0.1) is 11.8 Å². The molecule has 2 N–H and O–H groups in total. The highest BCUT2D eigenvalue weighted by Crippen LogP contribution is 2.17. The molecule has 3 rings (SSSR count). The molecule has 122 valence electrons. The standard InChI is InChI=1S/C19H18N2O2S/c22-18-13-16(15-9-4-5-10-17(15)21-18)19(23)20-11-6-12-24-14-7-2-1-3-8-14/h1-5,7-10,13H,6,11-12H2,(H,20,23)(H,21,22). The van der Waals surface area contributed by atoms with E-state index in [1.54, 1.807) is 17.8 Å². The molecule has 0 radical (unpaired) electrons. The molecule has 0 atom stereocenters. The second-order valence-electron chi connectivity index (χ2n) is 5.36. The molecule has 0 aliphatic rings. The van der Waals surface area contributed by atoms with Gasteiger partial charge < -0.3 is 10.3 Å². The first-order valence-electron chi connectivity index (χ1n) is 7.82. The summed E-state index contributed by atoms with van der Waals surface area (Å²) in [5.41, 5.74) is 0.832. The van der Waals surface area contributed by atoms with Gasteiger partial charge in [0.15, 0.2) is 0 Å². The molecule has 24 heavy (non-hydrogen) atoms. The van der Waals surface area contributed by atoms with Crippen molar-refractivity contribution in [2.24, 2.45) is 0 Å². The number of H-pyrrole nitrogens is 1. The molecular weight excluding hydrogens is 320 g/mol. The Kier molecular flexibility index (Phi) is 5.33. The molecular formula is C19H18N2O2S. The van der Waals surface area contributed by atoms with E-state index < -0.39 is 0 Å². The number of aromatic nitrogens is 1. The first-order chi connectivity index (χ1) is 11.7. The number of carbonyl (C=O) groups is 1. The number of pyridine rings is 1. The van der Waals surface area contributed by atoms with Crippen LogP contribution in [-0.2, 0) is 0 Å². The van der Waals surface area contributed by atoms with Gasteiger partial charge in [-0.2, -0.15) is 0 Å². The molecule has 0 bridgehead atoms. The minimum atomic E-state index is -0.265. The van der Waals surface area contributed by atoms with Crippen LogP contribution in [0.3, 0.4) is 0 Å². The highest BCUT2D eigenvalue weighted by molar-refractivity contribution is 7.99. The Labute approximate surface area is 144 Å². The van der Waals surface area contributed by atoms with Gasteiger partial charge in [-0.05, 0) is 30.4 Å². The second kappa shape index (κ2) is 7.84. The molecule has 1 amide bonds. The number of thioether (sulfide) groups is 1. The first-order valence-corrected chi connectivity index (χ1v) is 8.81. The molecule has 0 aliphatic carbocycles. The predicted octanol–water partition coefficient (Wildman–Crippen LogP) is 3.44. The van der Waals surface area contributed by atoms with E-state index in [0.717, 1.165) is 17.6 Å². The lowest BCUT2D eigenvalue weighted by atomic mass is 10.1. The number of hydrogen-bond acceptors (Lipinski definition) is 3. The third kappa shape index (κ3) is 4.06. The smallest absolute Gasteiger partial charge is 0.252 e. The average molecular weight is 338 g/mol. The lowest BCUT2D eigenvalue weighted by Crippen LogP contribution is -2.26. The van der Waals surface area contributed by atoms with Gasteiger partial charge in [0.1, 0.15) is 0 Å². The minimum absolute atomic E-state index is 0.206. The third-order valence-electron chi connectivity index (χ3n) is 3.61. The maximum Gasteiger partial charge on any atom is 0.252 e. The van der Waals surface area contributed by atoms with Crippen molar-refractivity contribution in [1.82, 2.24) is 10.3 Å². The van der Waals surface area contributed by atoms with Crippen LogP contribution in [0.2, 0.25) is 0 Å². The highest BCUT2D eigenvalue weighted by atomic mass is 32.2. The van der Waals surface area contributed by atoms with Crippen molar-refractivity contribution in [3.63, 3.8) is 0 Å². The summed E-state index contributed by atoms with van der Waals surface area (Å²) in [6, 6.07) is 18.9. The molecule has 2 aromatic carbocycles. The maximum absolute atomic E-state index is 12.4. The summed E-state index contributed by atoms with van der Waals surface area (Å²) in [4.78, 5) is 28.0. The number of nitrogens with one attached hydrogen (secondary N) is 2. The van der Waals surface area contributed by atoms with Crippen LogP contribution in [0.5, 0.6) is 0 Å². The summed E-state index contributed by atoms with van der Waals surface area (Å²) >= 11 is 1.77. The van der Waals surface area contributed by atoms with Crippen LogP contribution in [0, 0.1) is 0 Å². The summed E-state index contributed by atoms with van der Waals surface area (Å²) in [5.74, 6) is 0.724. The molecule has 1 aromatic heterocycles. The molecule has 5 heteroatoms. The summed E-state index contributed by atoms with van der Waals surface area (Å²) in [6.07, 6.45) is 0.867. The Morgan fingerprint density at radius 1 is 1.04 bits per heavy atom. The normalized spacial score (nSPS) is 10.7. The van der Waals surface area contributed by atoms with Gasteiger partial charge in [0.05, 0.1) is 5.56 Å². The maximum atomic E-state index is 12.4. The van der Waals surface area contributed by atoms with Crippen LogP contribution >= 0.6 is 11.8 Å². The fourth-order valence-electron chi connectivity index (χ4n) is 2.47. The van der Waals surface area contributed by atoms with Crippen molar-refractivity contribution in [3.8, 4) is 0 Å². The Morgan fingerprint density at radius 3 is 2.62 bits per heavy atom. The van der Waals surface area contributed by atoms with E-state index >= 15 is 0 Å². The molecule has 0 unspecified atom stereocenters. The van der Waals surface area contributed by atoms with Gasteiger partial charge in [0.2, 0.25) is 5.56 Å². The van der Waals surface area contributed by atoms with Crippen LogP contribution in [0.15, 0.2) is 70.4 Å². The summed E-state index contributed by atoms with van der Waals surface area (Å²) in [5, 5.41) is 3.66. The number of benzene rings is 2. The Bertz CT molecular complexity index is 891. The Hall–Kier alpha value is -2.53. The van der Waals surface area contributed by atoms with Gasteiger partial charge in [-0.1, -0.05) is 36.4 Å². The molecule has 0 saturated heterocycles. The molecule has 4 nitrogen and oxygen atoms in total. The summed E-state index contributed by atoms with van der Waals surface area (Å²) in [7, 11) is 0. The van der Waals surface area contributed by atoms with Crippen LogP contribution in [0.4, 0.5) is 0 Å². The van der Waals surface area contributed by atoms with Crippen LogP contribution < -0.4 is 10.9 Å². The number of para-hydroxylation sites is 1. The summed E-state index contributed by atoms with van der Waals surface area (Å²) < 4.78 is 0. The van der Waals surface area contributed by atoms with E-state index in [0.29, 0.717) is 17.6 Å². The summed E-state index contributed by atoms with van der Waals surface area (Å²) in [6.45, 7) is 0.583. The SMILES string of the molecule is O=C(NCCCSc1ccccc1)c1cc(=O)[nH]c2ccccc12. The third-order valence-corrected chi connectivity index (χ3v) is 4.71. The van der Waals surface area contributed by atoms with E-state index in [1.807, 2.05) is 36.4 Å². The van der Waals surface area contributed by atoms with Crippen molar-refractivity contribution in [1.29, 1.82) is 0 Å². The van der Waals surface area contributed by atoms with Crippen LogP contribution in [0.25, 0.3) is 10.9 Å². The number of carbonyl (C=O) groups excluding carboxylic acids is 1. The zero-order valence-electron chi connectivity index (χ0n) is 13.1. The zero-order valence-corrected chi connectivity index (χ0v) is 13.9. The number of aromatic amines is 1. The largest absolute Gasteiger partial charge is 0.352 e.